The molecule has 0 amide bonds. The molecule has 2 rings (SSSR count). The van der Waals surface area contributed by atoms with Crippen molar-refractivity contribution in [3.63, 3.8) is 0 Å². The Kier molecular flexibility index (Phi) is 5.83. The van der Waals surface area contributed by atoms with Crippen molar-refractivity contribution in [3.05, 3.63) is 12.2 Å². The summed E-state index contributed by atoms with van der Waals surface area (Å²) >= 11 is 0. The van der Waals surface area contributed by atoms with E-state index in [1.165, 1.54) is 38.5 Å². The molecular formula is C15H28N4. The van der Waals surface area contributed by atoms with Crippen molar-refractivity contribution in [2.75, 3.05) is 6.54 Å². The minimum absolute atomic E-state index is 0.614. The minimum atomic E-state index is 0.614. The molecule has 0 radical (unpaired) electrons. The summed E-state index contributed by atoms with van der Waals surface area (Å²) in [7, 11) is 0. The molecule has 0 spiro atoms. The molecule has 1 aromatic rings. The molecule has 1 N–H and O–H groups in total. The maximum absolute atomic E-state index is 4.33. The van der Waals surface area contributed by atoms with E-state index < -0.39 is 0 Å². The maximum Gasteiger partial charge on any atom is 0.140 e. The van der Waals surface area contributed by atoms with Crippen molar-refractivity contribution >= 4 is 0 Å². The summed E-state index contributed by atoms with van der Waals surface area (Å²) in [6.45, 7) is 7.32. The van der Waals surface area contributed by atoms with Crippen molar-refractivity contribution in [1.29, 1.82) is 0 Å². The molecule has 0 aliphatic heterocycles. The lowest BCUT2D eigenvalue weighted by atomic mass is 10.0. The third kappa shape index (κ3) is 4.94. The van der Waals surface area contributed by atoms with E-state index in [-0.39, 0.29) is 0 Å². The van der Waals surface area contributed by atoms with Crippen LogP contribution in [0.4, 0.5) is 0 Å². The molecule has 1 fully saturated rings. The molecule has 4 nitrogen and oxygen atoms in total. The van der Waals surface area contributed by atoms with Gasteiger partial charge in [0, 0.05) is 6.54 Å². The van der Waals surface area contributed by atoms with Crippen molar-refractivity contribution in [1.82, 2.24) is 20.1 Å². The topological polar surface area (TPSA) is 42.7 Å². The van der Waals surface area contributed by atoms with Crippen molar-refractivity contribution in [2.24, 2.45) is 11.8 Å². The van der Waals surface area contributed by atoms with E-state index in [9.17, 15) is 0 Å². The van der Waals surface area contributed by atoms with E-state index in [0.29, 0.717) is 5.92 Å². The van der Waals surface area contributed by atoms with Crippen LogP contribution in [0.5, 0.6) is 0 Å². The molecular weight excluding hydrogens is 236 g/mol. The summed E-state index contributed by atoms with van der Waals surface area (Å²) in [5, 5.41) is 7.79. The van der Waals surface area contributed by atoms with Gasteiger partial charge in [-0.1, -0.05) is 39.5 Å². The van der Waals surface area contributed by atoms with E-state index in [1.54, 1.807) is 6.33 Å². The van der Waals surface area contributed by atoms with E-state index in [1.807, 2.05) is 4.68 Å². The fraction of sp³-hybridized carbons (Fsp3) is 0.867. The molecule has 0 aromatic carbocycles. The first-order chi connectivity index (χ1) is 9.25. The smallest absolute Gasteiger partial charge is 0.140 e. The van der Waals surface area contributed by atoms with Crippen LogP contribution in [0.25, 0.3) is 0 Å². The second-order valence-electron chi connectivity index (χ2n) is 6.22. The molecule has 1 aromatic heterocycles. The van der Waals surface area contributed by atoms with E-state index in [4.69, 9.17) is 0 Å². The van der Waals surface area contributed by atoms with Crippen LogP contribution >= 0.6 is 0 Å². The van der Waals surface area contributed by atoms with Gasteiger partial charge < -0.3 is 5.32 Å². The van der Waals surface area contributed by atoms with Crippen LogP contribution in [0.1, 0.15) is 58.2 Å². The average molecular weight is 264 g/mol. The van der Waals surface area contributed by atoms with Crippen LogP contribution in [0.2, 0.25) is 0 Å². The van der Waals surface area contributed by atoms with E-state index in [0.717, 1.165) is 31.4 Å². The van der Waals surface area contributed by atoms with Crippen LogP contribution in [-0.2, 0) is 13.1 Å². The van der Waals surface area contributed by atoms with Gasteiger partial charge in [-0.15, -0.1) is 0 Å². The number of rotatable bonds is 8. The second-order valence-corrected chi connectivity index (χ2v) is 6.22. The Morgan fingerprint density at radius 2 is 2.16 bits per heavy atom. The van der Waals surface area contributed by atoms with E-state index >= 15 is 0 Å². The molecule has 1 aliphatic carbocycles. The Labute approximate surface area is 117 Å². The predicted molar refractivity (Wildman–Crippen MR) is 77.8 cm³/mol. The summed E-state index contributed by atoms with van der Waals surface area (Å²) < 4.78 is 2.02. The summed E-state index contributed by atoms with van der Waals surface area (Å²) in [5.74, 6) is 2.68. The van der Waals surface area contributed by atoms with Crippen LogP contribution in [-0.4, -0.2) is 21.3 Å². The zero-order valence-corrected chi connectivity index (χ0v) is 12.4. The van der Waals surface area contributed by atoms with Gasteiger partial charge in [0.25, 0.3) is 0 Å². The first-order valence-electron chi connectivity index (χ1n) is 7.83. The lowest BCUT2D eigenvalue weighted by Gasteiger charge is -2.10. The highest BCUT2D eigenvalue weighted by Gasteiger charge is 2.13. The monoisotopic (exact) mass is 264 g/mol. The molecule has 0 unspecified atom stereocenters. The number of nitrogens with zero attached hydrogens (tertiary/aromatic N) is 3. The maximum atomic E-state index is 4.33. The number of hydrogen-bond acceptors (Lipinski definition) is 3. The highest BCUT2D eigenvalue weighted by Crippen LogP contribution is 2.28. The van der Waals surface area contributed by atoms with Gasteiger partial charge in [-0.3, -0.25) is 0 Å². The lowest BCUT2D eigenvalue weighted by Crippen LogP contribution is -2.20. The Bertz CT molecular complexity index is 353. The van der Waals surface area contributed by atoms with Crippen molar-refractivity contribution in [2.45, 2.75) is 65.5 Å². The van der Waals surface area contributed by atoms with Gasteiger partial charge in [0.15, 0.2) is 0 Å². The van der Waals surface area contributed by atoms with Gasteiger partial charge in [-0.25, -0.2) is 9.67 Å². The number of aromatic nitrogens is 3. The SMILES string of the molecule is CC(C)Cn1ncnc1CNCCCC1CCCC1. The van der Waals surface area contributed by atoms with Crippen molar-refractivity contribution in [3.8, 4) is 0 Å². The highest BCUT2D eigenvalue weighted by atomic mass is 15.3. The molecule has 1 aliphatic rings. The average Bonchev–Trinajstić information content (AvgIpc) is 3.00. The fourth-order valence-electron chi connectivity index (χ4n) is 2.94. The van der Waals surface area contributed by atoms with Crippen LogP contribution in [0, 0.1) is 11.8 Å². The zero-order chi connectivity index (χ0) is 13.5. The molecule has 1 heterocycles. The Morgan fingerprint density at radius 1 is 1.37 bits per heavy atom. The van der Waals surface area contributed by atoms with Gasteiger partial charge in [0.2, 0.25) is 0 Å². The Hall–Kier alpha value is -0.900. The molecule has 0 saturated heterocycles. The molecule has 0 atom stereocenters. The summed E-state index contributed by atoms with van der Waals surface area (Å²) in [6, 6.07) is 0. The Balaban J connectivity index is 1.61. The third-order valence-corrected chi connectivity index (χ3v) is 3.96. The van der Waals surface area contributed by atoms with Gasteiger partial charge in [0.1, 0.15) is 12.2 Å². The normalized spacial score (nSPS) is 16.6. The molecule has 19 heavy (non-hydrogen) atoms. The largest absolute Gasteiger partial charge is 0.310 e. The predicted octanol–water partition coefficient (Wildman–Crippen LogP) is 2.99. The van der Waals surface area contributed by atoms with Gasteiger partial charge in [0.05, 0.1) is 6.54 Å². The first kappa shape index (κ1) is 14.5. The standard InChI is InChI=1S/C15H28N4/c1-13(2)11-19-15(17-12-18-19)10-16-9-5-8-14-6-3-4-7-14/h12-14,16H,3-11H2,1-2H3. The van der Waals surface area contributed by atoms with E-state index in [2.05, 4.69) is 29.2 Å². The summed E-state index contributed by atoms with van der Waals surface area (Å²) in [4.78, 5) is 4.33. The quantitative estimate of drug-likeness (QED) is 0.734. The Morgan fingerprint density at radius 3 is 2.89 bits per heavy atom. The summed E-state index contributed by atoms with van der Waals surface area (Å²) in [6.07, 6.45) is 10.2. The summed E-state index contributed by atoms with van der Waals surface area (Å²) in [5.41, 5.74) is 0. The first-order valence-corrected chi connectivity index (χ1v) is 7.83. The molecule has 108 valence electrons. The van der Waals surface area contributed by atoms with Crippen LogP contribution in [0.3, 0.4) is 0 Å². The van der Waals surface area contributed by atoms with Gasteiger partial charge >= 0.3 is 0 Å². The zero-order valence-electron chi connectivity index (χ0n) is 12.4. The number of nitrogens with one attached hydrogen (secondary N) is 1. The van der Waals surface area contributed by atoms with Crippen LogP contribution < -0.4 is 5.32 Å². The van der Waals surface area contributed by atoms with Crippen molar-refractivity contribution < 1.29 is 0 Å². The third-order valence-electron chi connectivity index (χ3n) is 3.96. The van der Waals surface area contributed by atoms with Crippen LogP contribution in [0.15, 0.2) is 6.33 Å². The fourth-order valence-corrected chi connectivity index (χ4v) is 2.94. The van der Waals surface area contributed by atoms with Gasteiger partial charge in [-0.2, -0.15) is 5.10 Å². The van der Waals surface area contributed by atoms with Gasteiger partial charge in [-0.05, 0) is 31.2 Å². The molecule has 0 bridgehead atoms. The second kappa shape index (κ2) is 7.63. The highest BCUT2D eigenvalue weighted by molar-refractivity contribution is 4.84. The number of hydrogen-bond donors (Lipinski definition) is 1. The molecule has 1 saturated carbocycles. The lowest BCUT2D eigenvalue weighted by molar-refractivity contribution is 0.446. The minimum Gasteiger partial charge on any atom is -0.310 e. The molecule has 4 heteroatoms.